The number of likely N-dealkylation sites (tertiary alicyclic amines) is 1. The smallest absolute Gasteiger partial charge is 0.191 e. The maximum Gasteiger partial charge on any atom is 0.191 e. The summed E-state index contributed by atoms with van der Waals surface area (Å²) in [6, 6.07) is 3.51. The Hall–Kier alpha value is -1.62. The lowest BCUT2D eigenvalue weighted by Gasteiger charge is -2.36. The van der Waals surface area contributed by atoms with Gasteiger partial charge in [-0.05, 0) is 56.2 Å². The lowest BCUT2D eigenvalue weighted by atomic mass is 10.0. The number of hydrogen-bond donors (Lipinski definition) is 2. The largest absolute Gasteiger partial charge is 0.356 e. The van der Waals surface area contributed by atoms with Crippen LogP contribution >= 0.6 is 0 Å². The molecule has 0 aromatic carbocycles. The first-order valence-electron chi connectivity index (χ1n) is 9.87. The molecule has 138 valence electrons. The molecule has 1 aromatic heterocycles. The fourth-order valence-electron chi connectivity index (χ4n) is 4.16. The molecule has 1 saturated heterocycles. The van der Waals surface area contributed by atoms with Crippen LogP contribution in [0.5, 0.6) is 0 Å². The van der Waals surface area contributed by atoms with Gasteiger partial charge in [0.1, 0.15) is 0 Å². The monoisotopic (exact) mass is 343 g/mol. The van der Waals surface area contributed by atoms with E-state index in [9.17, 15) is 0 Å². The maximum absolute atomic E-state index is 4.40. The van der Waals surface area contributed by atoms with E-state index in [0.29, 0.717) is 6.04 Å². The predicted molar refractivity (Wildman–Crippen MR) is 104 cm³/mol. The Balaban J connectivity index is 1.38. The van der Waals surface area contributed by atoms with Crippen molar-refractivity contribution in [1.82, 2.24) is 20.5 Å². The fraction of sp³-hybridized carbons (Fsp3) is 0.700. The van der Waals surface area contributed by atoms with E-state index in [2.05, 4.69) is 38.5 Å². The Kier molecular flexibility index (Phi) is 6.68. The van der Waals surface area contributed by atoms with Crippen LogP contribution in [-0.2, 0) is 6.42 Å². The summed E-state index contributed by atoms with van der Waals surface area (Å²) in [6.07, 6.45) is 12.9. The number of nitrogens with one attached hydrogen (secondary N) is 2. The highest BCUT2D eigenvalue weighted by atomic mass is 15.2. The molecule has 0 radical (unpaired) electrons. The van der Waals surface area contributed by atoms with E-state index in [1.54, 1.807) is 0 Å². The number of aliphatic imine (C=N–C) groups is 1. The molecule has 5 heteroatoms. The molecule has 1 aromatic rings. The minimum atomic E-state index is 0.548. The molecule has 25 heavy (non-hydrogen) atoms. The standard InChI is InChI=1S/C20H33N5/c1-16-15-22-11-7-17(16)8-12-23-20(21-2)24-18-9-13-25(14-10-18)19-5-3-4-6-19/h7,11,15,18-19H,3-6,8-10,12-14H2,1-2H3,(H2,21,23,24). The Morgan fingerprint density at radius 1 is 1.24 bits per heavy atom. The fourth-order valence-corrected chi connectivity index (χ4v) is 4.16. The van der Waals surface area contributed by atoms with E-state index >= 15 is 0 Å². The van der Waals surface area contributed by atoms with Crippen molar-refractivity contribution in [2.75, 3.05) is 26.7 Å². The van der Waals surface area contributed by atoms with E-state index in [1.807, 2.05) is 19.4 Å². The van der Waals surface area contributed by atoms with Crippen LogP contribution in [0.15, 0.2) is 23.5 Å². The van der Waals surface area contributed by atoms with Gasteiger partial charge in [-0.3, -0.25) is 9.98 Å². The molecule has 0 amide bonds. The number of aromatic nitrogens is 1. The number of guanidine groups is 1. The molecule has 0 bridgehead atoms. The third-order valence-electron chi connectivity index (χ3n) is 5.76. The first kappa shape index (κ1) is 18.2. The third-order valence-corrected chi connectivity index (χ3v) is 5.76. The summed E-state index contributed by atoms with van der Waals surface area (Å²) in [5.41, 5.74) is 2.61. The van der Waals surface area contributed by atoms with Crippen molar-refractivity contribution < 1.29 is 0 Å². The number of hydrogen-bond acceptors (Lipinski definition) is 3. The summed E-state index contributed by atoms with van der Waals surface area (Å²) < 4.78 is 0. The summed E-state index contributed by atoms with van der Waals surface area (Å²) in [4.78, 5) is 11.3. The van der Waals surface area contributed by atoms with Crippen LogP contribution in [0.4, 0.5) is 0 Å². The molecule has 1 aliphatic carbocycles. The number of pyridine rings is 1. The molecular formula is C20H33N5. The van der Waals surface area contributed by atoms with Crippen LogP contribution in [0.25, 0.3) is 0 Å². The summed E-state index contributed by atoms with van der Waals surface area (Å²) in [5, 5.41) is 7.08. The average Bonchev–Trinajstić information content (AvgIpc) is 3.17. The molecule has 2 fully saturated rings. The molecular weight excluding hydrogens is 310 g/mol. The van der Waals surface area contributed by atoms with Crippen molar-refractivity contribution in [2.45, 2.75) is 64.0 Å². The van der Waals surface area contributed by atoms with Crippen LogP contribution in [0.1, 0.15) is 49.7 Å². The summed E-state index contributed by atoms with van der Waals surface area (Å²) in [6.45, 7) is 5.48. The van der Waals surface area contributed by atoms with Crippen LogP contribution in [0.2, 0.25) is 0 Å². The Morgan fingerprint density at radius 2 is 2.00 bits per heavy atom. The van der Waals surface area contributed by atoms with Gasteiger partial charge in [-0.1, -0.05) is 12.8 Å². The van der Waals surface area contributed by atoms with Gasteiger partial charge in [0.15, 0.2) is 5.96 Å². The van der Waals surface area contributed by atoms with Gasteiger partial charge in [0, 0.05) is 51.2 Å². The number of rotatable bonds is 5. The van der Waals surface area contributed by atoms with Crippen molar-refractivity contribution in [3.05, 3.63) is 29.6 Å². The van der Waals surface area contributed by atoms with Crippen molar-refractivity contribution in [2.24, 2.45) is 4.99 Å². The predicted octanol–water partition coefficient (Wildman–Crippen LogP) is 2.50. The first-order valence-corrected chi connectivity index (χ1v) is 9.87. The number of nitrogens with zero attached hydrogens (tertiary/aromatic N) is 3. The number of piperidine rings is 1. The van der Waals surface area contributed by atoms with Gasteiger partial charge in [0.05, 0.1) is 0 Å². The minimum Gasteiger partial charge on any atom is -0.356 e. The van der Waals surface area contributed by atoms with Gasteiger partial charge in [0.25, 0.3) is 0 Å². The summed E-state index contributed by atoms with van der Waals surface area (Å²) >= 11 is 0. The minimum absolute atomic E-state index is 0.548. The van der Waals surface area contributed by atoms with E-state index < -0.39 is 0 Å². The van der Waals surface area contributed by atoms with Crippen LogP contribution in [0, 0.1) is 6.92 Å². The first-order chi connectivity index (χ1) is 12.3. The van der Waals surface area contributed by atoms with E-state index in [1.165, 1.54) is 62.7 Å². The van der Waals surface area contributed by atoms with Gasteiger partial charge >= 0.3 is 0 Å². The van der Waals surface area contributed by atoms with E-state index in [4.69, 9.17) is 0 Å². The Morgan fingerprint density at radius 3 is 2.68 bits per heavy atom. The Bertz CT molecular complexity index is 557. The van der Waals surface area contributed by atoms with Crippen LogP contribution < -0.4 is 10.6 Å². The van der Waals surface area contributed by atoms with Crippen LogP contribution in [-0.4, -0.2) is 54.6 Å². The molecule has 2 N–H and O–H groups in total. The van der Waals surface area contributed by atoms with Gasteiger partial charge in [-0.15, -0.1) is 0 Å². The SMILES string of the molecule is CN=C(NCCc1ccncc1C)NC1CCN(C2CCCC2)CC1. The molecule has 0 unspecified atom stereocenters. The molecule has 0 atom stereocenters. The molecule has 2 heterocycles. The topological polar surface area (TPSA) is 52.6 Å². The maximum atomic E-state index is 4.40. The highest BCUT2D eigenvalue weighted by Crippen LogP contribution is 2.26. The van der Waals surface area contributed by atoms with Crippen LogP contribution in [0.3, 0.4) is 0 Å². The van der Waals surface area contributed by atoms with Gasteiger partial charge in [0.2, 0.25) is 0 Å². The number of aryl methyl sites for hydroxylation is 1. The second kappa shape index (κ2) is 9.18. The lowest BCUT2D eigenvalue weighted by Crippen LogP contribution is -2.50. The lowest BCUT2D eigenvalue weighted by molar-refractivity contribution is 0.150. The zero-order chi connectivity index (χ0) is 17.5. The van der Waals surface area contributed by atoms with Crippen molar-refractivity contribution in [3.63, 3.8) is 0 Å². The zero-order valence-corrected chi connectivity index (χ0v) is 15.8. The van der Waals surface area contributed by atoms with Gasteiger partial charge < -0.3 is 15.5 Å². The average molecular weight is 344 g/mol. The van der Waals surface area contributed by atoms with Gasteiger partial charge in [-0.2, -0.15) is 0 Å². The molecule has 5 nitrogen and oxygen atoms in total. The molecule has 1 aliphatic heterocycles. The quantitative estimate of drug-likeness (QED) is 0.637. The van der Waals surface area contributed by atoms with Crippen molar-refractivity contribution in [1.29, 1.82) is 0 Å². The van der Waals surface area contributed by atoms with Crippen molar-refractivity contribution >= 4 is 5.96 Å². The highest BCUT2D eigenvalue weighted by molar-refractivity contribution is 5.79. The summed E-state index contributed by atoms with van der Waals surface area (Å²) in [5.74, 6) is 0.936. The molecule has 3 rings (SSSR count). The third kappa shape index (κ3) is 5.18. The molecule has 2 aliphatic rings. The van der Waals surface area contributed by atoms with Gasteiger partial charge in [-0.25, -0.2) is 0 Å². The second-order valence-corrected chi connectivity index (χ2v) is 7.44. The molecule has 1 saturated carbocycles. The molecule has 0 spiro atoms. The zero-order valence-electron chi connectivity index (χ0n) is 15.8. The normalized spacial score (nSPS) is 20.8. The second-order valence-electron chi connectivity index (χ2n) is 7.44. The van der Waals surface area contributed by atoms with E-state index in [-0.39, 0.29) is 0 Å². The highest BCUT2D eigenvalue weighted by Gasteiger charge is 2.27. The summed E-state index contributed by atoms with van der Waals surface area (Å²) in [7, 11) is 1.86. The van der Waals surface area contributed by atoms with Crippen molar-refractivity contribution in [3.8, 4) is 0 Å². The Labute approximate surface area is 152 Å². The van der Waals surface area contributed by atoms with E-state index in [0.717, 1.165) is 25.0 Å².